The van der Waals surface area contributed by atoms with Gasteiger partial charge in [-0.25, -0.2) is 0 Å². The maximum atomic E-state index is 12.4. The van der Waals surface area contributed by atoms with Gasteiger partial charge in [-0.3, -0.25) is 4.79 Å². The molecule has 1 N–H and O–H groups in total. The molecule has 0 bridgehead atoms. The molecule has 4 heteroatoms. The Bertz CT molecular complexity index is 465. The minimum absolute atomic E-state index is 0.0196. The molecule has 0 aliphatic carbocycles. The van der Waals surface area contributed by atoms with Crippen LogP contribution in [0.1, 0.15) is 22.8 Å². The predicted molar refractivity (Wildman–Crippen MR) is 75.8 cm³/mol. The lowest BCUT2D eigenvalue weighted by molar-refractivity contribution is 0.0784. The third-order valence-electron chi connectivity index (χ3n) is 3.01. The van der Waals surface area contributed by atoms with Crippen LogP contribution in [0.3, 0.4) is 0 Å². The van der Waals surface area contributed by atoms with Gasteiger partial charge in [0.2, 0.25) is 0 Å². The number of hydrogen-bond acceptors (Lipinski definition) is 3. The van der Waals surface area contributed by atoms with Crippen LogP contribution in [0.15, 0.2) is 24.3 Å². The summed E-state index contributed by atoms with van der Waals surface area (Å²) in [6.45, 7) is 3.11. The number of nitrogens with one attached hydrogen (secondary N) is 1. The first-order valence-corrected chi connectivity index (χ1v) is 6.47. The molecule has 1 aromatic carbocycles. The summed E-state index contributed by atoms with van der Waals surface area (Å²) < 4.78 is 0. The molecule has 1 unspecified atom stereocenters. The molecule has 19 heavy (non-hydrogen) atoms. The smallest absolute Gasteiger partial charge is 0.253 e. The third kappa shape index (κ3) is 4.38. The van der Waals surface area contributed by atoms with Crippen LogP contribution >= 0.6 is 0 Å². The van der Waals surface area contributed by atoms with Gasteiger partial charge in [-0.2, -0.15) is 5.26 Å². The number of carbonyl (C=O) groups is 1. The van der Waals surface area contributed by atoms with Crippen molar-refractivity contribution in [1.82, 2.24) is 10.2 Å². The molecule has 0 saturated heterocycles. The van der Waals surface area contributed by atoms with Crippen LogP contribution in [-0.4, -0.2) is 38.0 Å². The zero-order valence-corrected chi connectivity index (χ0v) is 11.8. The summed E-state index contributed by atoms with van der Waals surface area (Å²) in [5, 5.41) is 11.9. The van der Waals surface area contributed by atoms with Crippen molar-refractivity contribution < 1.29 is 4.79 Å². The van der Waals surface area contributed by atoms with E-state index in [1.807, 2.05) is 38.2 Å². The molecule has 1 aromatic rings. The van der Waals surface area contributed by atoms with Gasteiger partial charge < -0.3 is 10.2 Å². The normalized spacial score (nSPS) is 11.7. The van der Waals surface area contributed by atoms with E-state index >= 15 is 0 Å². The van der Waals surface area contributed by atoms with Gasteiger partial charge in [-0.05, 0) is 38.6 Å². The first-order chi connectivity index (χ1) is 9.10. The highest BCUT2D eigenvalue weighted by atomic mass is 16.2. The number of hydrogen-bond donors (Lipinski definition) is 1. The third-order valence-corrected chi connectivity index (χ3v) is 3.01. The molecule has 1 atom stereocenters. The quantitative estimate of drug-likeness (QED) is 0.845. The summed E-state index contributed by atoms with van der Waals surface area (Å²) in [7, 11) is 3.64. The van der Waals surface area contributed by atoms with E-state index in [4.69, 9.17) is 5.26 Å². The van der Waals surface area contributed by atoms with Crippen LogP contribution < -0.4 is 5.32 Å². The van der Waals surface area contributed by atoms with Crippen molar-refractivity contribution in [2.24, 2.45) is 5.92 Å². The Morgan fingerprint density at radius 3 is 2.79 bits per heavy atom. The first kappa shape index (κ1) is 15.2. The largest absolute Gasteiger partial charge is 0.340 e. The zero-order chi connectivity index (χ0) is 14.3. The Labute approximate surface area is 115 Å². The number of amides is 1. The van der Waals surface area contributed by atoms with Crippen LogP contribution in [0.2, 0.25) is 0 Å². The van der Waals surface area contributed by atoms with Crippen molar-refractivity contribution in [3.63, 3.8) is 0 Å². The highest BCUT2D eigenvalue weighted by Crippen LogP contribution is 2.12. The van der Waals surface area contributed by atoms with Crippen molar-refractivity contribution in [1.29, 1.82) is 5.26 Å². The number of likely N-dealkylation sites (N-methyl/N-ethyl adjacent to an activating group) is 1. The Hall–Kier alpha value is -1.86. The van der Waals surface area contributed by atoms with Gasteiger partial charge in [-0.1, -0.05) is 18.2 Å². The minimum atomic E-state index is -0.154. The number of carbonyl (C=O) groups excluding carboxylic acids is 1. The highest BCUT2D eigenvalue weighted by molar-refractivity contribution is 5.95. The van der Waals surface area contributed by atoms with Crippen molar-refractivity contribution in [3.05, 3.63) is 35.4 Å². The molecule has 1 rings (SSSR count). The number of nitrogens with zero attached hydrogens (tertiary/aromatic N) is 2. The van der Waals surface area contributed by atoms with Crippen molar-refractivity contribution in [3.8, 4) is 6.07 Å². The molecule has 4 nitrogen and oxygen atoms in total. The lowest BCUT2D eigenvalue weighted by Crippen LogP contribution is -2.31. The summed E-state index contributed by atoms with van der Waals surface area (Å²) in [6.07, 6.45) is 0.820. The van der Waals surface area contributed by atoms with E-state index in [-0.39, 0.29) is 11.8 Å². The summed E-state index contributed by atoms with van der Waals surface area (Å²) in [4.78, 5) is 14.0. The van der Waals surface area contributed by atoms with E-state index in [0.717, 1.165) is 24.1 Å². The SMILES string of the molecule is CNCCc1ccccc1C(=O)N(C)CC(C)C#N. The molecule has 0 aromatic heterocycles. The van der Waals surface area contributed by atoms with Gasteiger partial charge in [0, 0.05) is 19.2 Å². The Kier molecular flexibility index (Phi) is 6.04. The summed E-state index contributed by atoms with van der Waals surface area (Å²) in [5.41, 5.74) is 1.77. The van der Waals surface area contributed by atoms with Crippen molar-refractivity contribution >= 4 is 5.91 Å². The Morgan fingerprint density at radius 2 is 2.16 bits per heavy atom. The molecule has 102 valence electrons. The van der Waals surface area contributed by atoms with E-state index in [0.29, 0.717) is 6.54 Å². The highest BCUT2D eigenvalue weighted by Gasteiger charge is 2.16. The maximum Gasteiger partial charge on any atom is 0.253 e. The first-order valence-electron chi connectivity index (χ1n) is 6.47. The number of rotatable bonds is 6. The lowest BCUT2D eigenvalue weighted by Gasteiger charge is -2.20. The summed E-state index contributed by atoms with van der Waals surface area (Å²) in [6, 6.07) is 9.79. The van der Waals surface area contributed by atoms with Crippen LogP contribution in [0.4, 0.5) is 0 Å². The topological polar surface area (TPSA) is 56.1 Å². The van der Waals surface area contributed by atoms with E-state index < -0.39 is 0 Å². The fourth-order valence-electron chi connectivity index (χ4n) is 1.95. The van der Waals surface area contributed by atoms with E-state index in [1.165, 1.54) is 0 Å². The second-order valence-corrected chi connectivity index (χ2v) is 4.73. The maximum absolute atomic E-state index is 12.4. The summed E-state index contributed by atoms with van der Waals surface area (Å²) in [5.74, 6) is -0.174. The van der Waals surface area contributed by atoms with Crippen molar-refractivity contribution in [2.45, 2.75) is 13.3 Å². The van der Waals surface area contributed by atoms with E-state index in [1.54, 1.807) is 11.9 Å². The van der Waals surface area contributed by atoms with E-state index in [9.17, 15) is 4.79 Å². The van der Waals surface area contributed by atoms with Gasteiger partial charge in [-0.15, -0.1) is 0 Å². The van der Waals surface area contributed by atoms with Gasteiger partial charge in [0.1, 0.15) is 0 Å². The van der Waals surface area contributed by atoms with Crippen LogP contribution in [0.25, 0.3) is 0 Å². The van der Waals surface area contributed by atoms with Crippen LogP contribution in [-0.2, 0) is 6.42 Å². The summed E-state index contributed by atoms with van der Waals surface area (Å²) >= 11 is 0. The number of nitriles is 1. The molecule has 1 amide bonds. The van der Waals surface area contributed by atoms with Crippen LogP contribution in [0, 0.1) is 17.2 Å². The monoisotopic (exact) mass is 259 g/mol. The minimum Gasteiger partial charge on any atom is -0.340 e. The molecule has 0 aliphatic rings. The van der Waals surface area contributed by atoms with Gasteiger partial charge in [0.25, 0.3) is 5.91 Å². The molecule has 0 heterocycles. The molecule has 0 radical (unpaired) electrons. The van der Waals surface area contributed by atoms with Gasteiger partial charge in [0.05, 0.1) is 12.0 Å². The van der Waals surface area contributed by atoms with Crippen molar-refractivity contribution in [2.75, 3.05) is 27.2 Å². The zero-order valence-electron chi connectivity index (χ0n) is 11.8. The average molecular weight is 259 g/mol. The second kappa shape index (κ2) is 7.55. The van der Waals surface area contributed by atoms with E-state index in [2.05, 4.69) is 11.4 Å². The van der Waals surface area contributed by atoms with Crippen LogP contribution in [0.5, 0.6) is 0 Å². The lowest BCUT2D eigenvalue weighted by atomic mass is 10.0. The van der Waals surface area contributed by atoms with Gasteiger partial charge >= 0.3 is 0 Å². The second-order valence-electron chi connectivity index (χ2n) is 4.73. The number of benzene rings is 1. The molecule has 0 spiro atoms. The average Bonchev–Trinajstić information content (AvgIpc) is 2.44. The Balaban J connectivity index is 2.84. The molecule has 0 fully saturated rings. The predicted octanol–water partition coefficient (Wildman–Crippen LogP) is 1.68. The Morgan fingerprint density at radius 1 is 1.47 bits per heavy atom. The molecule has 0 aliphatic heterocycles. The molecular weight excluding hydrogens is 238 g/mol. The molecule has 0 saturated carbocycles. The van der Waals surface area contributed by atoms with Gasteiger partial charge in [0.15, 0.2) is 0 Å². The fraction of sp³-hybridized carbons (Fsp3) is 0.467. The fourth-order valence-corrected chi connectivity index (χ4v) is 1.95. The standard InChI is InChI=1S/C15H21N3O/c1-12(10-16)11-18(3)15(19)14-7-5-4-6-13(14)8-9-17-2/h4-7,12,17H,8-9,11H2,1-3H3. The molecular formula is C15H21N3O.